The Kier molecular flexibility index (Phi) is 2.45. The third-order valence-electron chi connectivity index (χ3n) is 6.06. The molecule has 0 radical (unpaired) electrons. The van der Waals surface area contributed by atoms with Gasteiger partial charge in [0.25, 0.3) is 0 Å². The van der Waals surface area contributed by atoms with E-state index in [0.29, 0.717) is 16.9 Å². The van der Waals surface area contributed by atoms with E-state index in [9.17, 15) is 0 Å². The summed E-state index contributed by atoms with van der Waals surface area (Å²) < 4.78 is 0. The Balaban J connectivity index is 1.58. The van der Waals surface area contributed by atoms with Crippen LogP contribution in [0.5, 0.6) is 0 Å². The first-order chi connectivity index (χ1) is 7.84. The lowest BCUT2D eigenvalue weighted by molar-refractivity contribution is 0.254. The third kappa shape index (κ3) is 1.76. The number of likely N-dealkylation sites (tertiary alicyclic amines) is 1. The van der Waals surface area contributed by atoms with E-state index < -0.39 is 0 Å². The molecule has 1 saturated heterocycles. The fourth-order valence-corrected chi connectivity index (χ4v) is 3.94. The number of hydrogen-bond donors (Lipinski definition) is 1. The zero-order valence-corrected chi connectivity index (χ0v) is 12.1. The zero-order valence-electron chi connectivity index (χ0n) is 12.1. The SMILES string of the molecule is CC1CC(NC2C(C)(C)C2(C)C)CN1C1CC1. The Bertz CT molecular complexity index is 303. The van der Waals surface area contributed by atoms with Crippen LogP contribution < -0.4 is 5.32 Å². The second-order valence-electron chi connectivity index (χ2n) is 7.75. The minimum absolute atomic E-state index is 0.475. The van der Waals surface area contributed by atoms with Crippen LogP contribution in [-0.4, -0.2) is 35.6 Å². The standard InChI is InChI=1S/C15H28N2/c1-10-8-11(9-17(10)12-6-7-12)16-13-14(2,3)15(13,4)5/h10-13,16H,6-9H2,1-5H3. The molecule has 1 N–H and O–H groups in total. The molecule has 2 atom stereocenters. The Morgan fingerprint density at radius 3 is 2.12 bits per heavy atom. The van der Waals surface area contributed by atoms with Crippen molar-refractivity contribution in [2.24, 2.45) is 10.8 Å². The third-order valence-corrected chi connectivity index (χ3v) is 6.06. The van der Waals surface area contributed by atoms with Gasteiger partial charge in [-0.25, -0.2) is 0 Å². The van der Waals surface area contributed by atoms with E-state index in [-0.39, 0.29) is 0 Å². The highest BCUT2D eigenvalue weighted by Crippen LogP contribution is 2.62. The molecule has 0 spiro atoms. The zero-order chi connectivity index (χ0) is 12.4. The van der Waals surface area contributed by atoms with Crippen LogP contribution >= 0.6 is 0 Å². The van der Waals surface area contributed by atoms with E-state index in [1.165, 1.54) is 25.8 Å². The van der Waals surface area contributed by atoms with Crippen molar-refractivity contribution in [3.05, 3.63) is 0 Å². The van der Waals surface area contributed by atoms with Crippen molar-refractivity contribution in [3.63, 3.8) is 0 Å². The molecule has 3 fully saturated rings. The fourth-order valence-electron chi connectivity index (χ4n) is 3.94. The first kappa shape index (κ1) is 12.0. The lowest BCUT2D eigenvalue weighted by atomic mass is 10.0. The molecule has 0 aromatic heterocycles. The largest absolute Gasteiger partial charge is 0.309 e. The van der Waals surface area contributed by atoms with Gasteiger partial charge in [0.05, 0.1) is 0 Å². The summed E-state index contributed by atoms with van der Waals surface area (Å²) in [6.45, 7) is 13.3. The van der Waals surface area contributed by atoms with Gasteiger partial charge in [-0.05, 0) is 37.0 Å². The molecule has 0 aromatic carbocycles. The van der Waals surface area contributed by atoms with Crippen LogP contribution in [-0.2, 0) is 0 Å². The summed E-state index contributed by atoms with van der Waals surface area (Å²) >= 11 is 0. The topological polar surface area (TPSA) is 15.3 Å². The summed E-state index contributed by atoms with van der Waals surface area (Å²) in [5.41, 5.74) is 0.951. The average Bonchev–Trinajstić information content (AvgIpc) is 3.06. The van der Waals surface area contributed by atoms with Crippen molar-refractivity contribution in [2.45, 2.75) is 78.0 Å². The smallest absolute Gasteiger partial charge is 0.0213 e. The van der Waals surface area contributed by atoms with E-state index in [2.05, 4.69) is 44.8 Å². The molecule has 0 bridgehead atoms. The number of nitrogens with one attached hydrogen (secondary N) is 1. The summed E-state index contributed by atoms with van der Waals surface area (Å²) in [7, 11) is 0. The van der Waals surface area contributed by atoms with Gasteiger partial charge in [-0.2, -0.15) is 0 Å². The molecular weight excluding hydrogens is 208 g/mol. The molecule has 3 rings (SSSR count). The molecule has 2 unspecified atom stereocenters. The van der Waals surface area contributed by atoms with Gasteiger partial charge < -0.3 is 5.32 Å². The highest BCUT2D eigenvalue weighted by molar-refractivity contribution is 5.19. The lowest BCUT2D eigenvalue weighted by Crippen LogP contribution is -2.37. The summed E-state index contributed by atoms with van der Waals surface area (Å²) in [5.74, 6) is 0. The van der Waals surface area contributed by atoms with Gasteiger partial charge in [0, 0.05) is 30.7 Å². The van der Waals surface area contributed by atoms with Gasteiger partial charge >= 0.3 is 0 Å². The van der Waals surface area contributed by atoms with Crippen LogP contribution in [0.3, 0.4) is 0 Å². The van der Waals surface area contributed by atoms with E-state index in [1.54, 1.807) is 0 Å². The van der Waals surface area contributed by atoms with Gasteiger partial charge in [-0.3, -0.25) is 4.90 Å². The molecular formula is C15H28N2. The van der Waals surface area contributed by atoms with E-state index in [4.69, 9.17) is 0 Å². The Morgan fingerprint density at radius 2 is 1.65 bits per heavy atom. The highest BCUT2D eigenvalue weighted by atomic mass is 15.3. The molecule has 2 heteroatoms. The van der Waals surface area contributed by atoms with Crippen LogP contribution in [0.1, 0.15) is 53.9 Å². The minimum Gasteiger partial charge on any atom is -0.309 e. The first-order valence-electron chi connectivity index (χ1n) is 7.36. The normalized spacial score (nSPS) is 40.8. The molecule has 2 aliphatic carbocycles. The number of hydrogen-bond acceptors (Lipinski definition) is 2. The summed E-state index contributed by atoms with van der Waals surface area (Å²) in [6.07, 6.45) is 4.23. The molecule has 2 nitrogen and oxygen atoms in total. The van der Waals surface area contributed by atoms with E-state index in [0.717, 1.165) is 18.1 Å². The predicted octanol–water partition coefficient (Wildman–Crippen LogP) is 2.64. The maximum absolute atomic E-state index is 3.93. The minimum atomic E-state index is 0.475. The molecule has 1 heterocycles. The highest BCUT2D eigenvalue weighted by Gasteiger charge is 2.65. The van der Waals surface area contributed by atoms with Gasteiger partial charge in [0.2, 0.25) is 0 Å². The number of rotatable bonds is 3. The van der Waals surface area contributed by atoms with Crippen LogP contribution in [0.15, 0.2) is 0 Å². The van der Waals surface area contributed by atoms with Gasteiger partial charge in [0.1, 0.15) is 0 Å². The van der Waals surface area contributed by atoms with Gasteiger partial charge in [-0.15, -0.1) is 0 Å². The van der Waals surface area contributed by atoms with Crippen LogP contribution in [0.4, 0.5) is 0 Å². The van der Waals surface area contributed by atoms with E-state index in [1.807, 2.05) is 0 Å². The maximum Gasteiger partial charge on any atom is 0.0213 e. The lowest BCUT2D eigenvalue weighted by Gasteiger charge is -2.20. The molecule has 0 aromatic rings. The van der Waals surface area contributed by atoms with Crippen molar-refractivity contribution < 1.29 is 0 Å². The summed E-state index contributed by atoms with van der Waals surface area (Å²) in [5, 5.41) is 3.93. The second-order valence-corrected chi connectivity index (χ2v) is 7.75. The van der Waals surface area contributed by atoms with Gasteiger partial charge in [-0.1, -0.05) is 27.7 Å². The molecule has 98 valence electrons. The van der Waals surface area contributed by atoms with Crippen molar-refractivity contribution in [3.8, 4) is 0 Å². The molecule has 0 amide bonds. The van der Waals surface area contributed by atoms with E-state index >= 15 is 0 Å². The monoisotopic (exact) mass is 236 g/mol. The Morgan fingerprint density at radius 1 is 1.06 bits per heavy atom. The van der Waals surface area contributed by atoms with Crippen molar-refractivity contribution in [1.82, 2.24) is 10.2 Å². The molecule has 3 aliphatic rings. The Hall–Kier alpha value is -0.0800. The second kappa shape index (κ2) is 3.48. The first-order valence-corrected chi connectivity index (χ1v) is 7.36. The van der Waals surface area contributed by atoms with Gasteiger partial charge in [0.15, 0.2) is 0 Å². The summed E-state index contributed by atoms with van der Waals surface area (Å²) in [6, 6.07) is 3.17. The van der Waals surface area contributed by atoms with Crippen LogP contribution in [0.25, 0.3) is 0 Å². The maximum atomic E-state index is 3.93. The fraction of sp³-hybridized carbons (Fsp3) is 1.00. The van der Waals surface area contributed by atoms with Crippen LogP contribution in [0.2, 0.25) is 0 Å². The predicted molar refractivity (Wildman–Crippen MR) is 72.1 cm³/mol. The Labute approximate surface area is 106 Å². The molecule has 1 aliphatic heterocycles. The van der Waals surface area contributed by atoms with Crippen LogP contribution in [0, 0.1) is 10.8 Å². The molecule has 2 saturated carbocycles. The molecule has 17 heavy (non-hydrogen) atoms. The van der Waals surface area contributed by atoms with Crippen molar-refractivity contribution >= 4 is 0 Å². The van der Waals surface area contributed by atoms with Crippen molar-refractivity contribution in [2.75, 3.05) is 6.54 Å². The van der Waals surface area contributed by atoms with Crippen molar-refractivity contribution in [1.29, 1.82) is 0 Å². The average molecular weight is 236 g/mol. The quantitative estimate of drug-likeness (QED) is 0.810. The summed E-state index contributed by atoms with van der Waals surface area (Å²) in [4.78, 5) is 2.74. The number of nitrogens with zero attached hydrogens (tertiary/aromatic N) is 1.